The monoisotopic (exact) mass is 742 g/mol. The van der Waals surface area contributed by atoms with Gasteiger partial charge in [-0.3, -0.25) is 0 Å². The molecule has 0 N–H and O–H groups in total. The van der Waals surface area contributed by atoms with Crippen LogP contribution in [-0.2, 0) is 43.2 Å². The third kappa shape index (κ3) is 5.46. The Morgan fingerprint density at radius 3 is 1.66 bits per heavy atom. The fraction of sp³-hybridized carbons (Fsp3) is 0.882. The van der Waals surface area contributed by atoms with Gasteiger partial charge in [0.2, 0.25) is 35.7 Å². The lowest BCUT2D eigenvalue weighted by atomic mass is 9.59. The quantitative estimate of drug-likeness (QED) is 0.146. The molecule has 8 fully saturated rings. The van der Waals surface area contributed by atoms with Crippen molar-refractivity contribution in [2.24, 2.45) is 35.5 Å². The molecule has 0 aromatic heterocycles. The fourth-order valence-corrected chi connectivity index (χ4v) is 11.2. The third-order valence-corrected chi connectivity index (χ3v) is 13.7. The summed E-state index contributed by atoms with van der Waals surface area (Å²) >= 11 is 1.20. The van der Waals surface area contributed by atoms with Crippen LogP contribution in [0, 0.1) is 35.5 Å². The van der Waals surface area contributed by atoms with Gasteiger partial charge >= 0.3 is 12.4 Å². The summed E-state index contributed by atoms with van der Waals surface area (Å²) in [5.41, 5.74) is -2.45. The molecule has 0 amide bonds. The minimum absolute atomic E-state index is 0.0110. The standard InChI is InChI=1S/C34H44F6O9S/c1-17-5-7-23-19(25(33(35,36)37)42-27-31(23)21(17)9-11-29(3,44-27)46-48-31)15-41-13-14-50-16-20-24-8-6-18(2)22-10-12-30(4)45-28(32(22,24)49-47-30)43-26(20)34(38,39)40/h17-18,21-24,27-28H,5-16H2,1-4H3/t17-,18-,21?,22?,23+,24+,27-,28-,29+,30+,31-,32-/m1/s1. The Hall–Kier alpha value is -1.27. The molecule has 0 aromatic carbocycles. The summed E-state index contributed by atoms with van der Waals surface area (Å²) < 4.78 is 116. The lowest BCUT2D eigenvalue weighted by Gasteiger charge is -2.57. The lowest BCUT2D eigenvalue weighted by molar-refractivity contribution is -0.558. The maximum absolute atomic E-state index is 14.5. The summed E-state index contributed by atoms with van der Waals surface area (Å²) in [6.45, 7) is 7.03. The molecule has 2 unspecified atom stereocenters. The van der Waals surface area contributed by atoms with Crippen LogP contribution in [0.1, 0.15) is 79.1 Å². The van der Waals surface area contributed by atoms with E-state index in [9.17, 15) is 26.3 Å². The van der Waals surface area contributed by atoms with Gasteiger partial charge in [0.15, 0.2) is 11.2 Å². The van der Waals surface area contributed by atoms with Crippen LogP contribution in [0.2, 0.25) is 0 Å². The maximum Gasteiger partial charge on any atom is 0.449 e. The molecule has 8 heterocycles. The second-order valence-electron chi connectivity index (χ2n) is 15.8. The zero-order chi connectivity index (χ0) is 35.5. The topological polar surface area (TPSA) is 83.1 Å². The van der Waals surface area contributed by atoms with Crippen LogP contribution in [0.5, 0.6) is 0 Å². The van der Waals surface area contributed by atoms with Gasteiger partial charge in [-0.25, -0.2) is 19.6 Å². The van der Waals surface area contributed by atoms with Crippen molar-refractivity contribution in [3.8, 4) is 0 Å². The van der Waals surface area contributed by atoms with Crippen molar-refractivity contribution in [2.45, 2.75) is 127 Å². The zero-order valence-corrected chi connectivity index (χ0v) is 29.3. The Labute approximate surface area is 290 Å². The summed E-state index contributed by atoms with van der Waals surface area (Å²) in [6, 6.07) is 0. The Kier molecular flexibility index (Phi) is 8.67. The first kappa shape index (κ1) is 35.7. The highest BCUT2D eigenvalue weighted by atomic mass is 32.2. The smallest absolute Gasteiger partial charge is 0.449 e. The van der Waals surface area contributed by atoms with E-state index in [2.05, 4.69) is 13.8 Å². The van der Waals surface area contributed by atoms with Gasteiger partial charge in [0.1, 0.15) is 0 Å². The summed E-state index contributed by atoms with van der Waals surface area (Å²) in [7, 11) is 0. The van der Waals surface area contributed by atoms with E-state index < -0.39 is 71.1 Å². The number of rotatable bonds is 7. The number of alkyl halides is 6. The summed E-state index contributed by atoms with van der Waals surface area (Å²) in [5.74, 6) is -5.79. The van der Waals surface area contributed by atoms with Gasteiger partial charge in [0.05, 0.1) is 13.2 Å². The number of fused-ring (bicyclic) bond motifs is 4. The Balaban J connectivity index is 0.987. The van der Waals surface area contributed by atoms with Crippen molar-refractivity contribution < 1.29 is 69.6 Å². The Morgan fingerprint density at radius 2 is 1.16 bits per heavy atom. The number of hydrogen-bond acceptors (Lipinski definition) is 10. The molecule has 2 saturated carbocycles. The van der Waals surface area contributed by atoms with Gasteiger partial charge in [-0.1, -0.05) is 13.8 Å². The first-order chi connectivity index (χ1) is 23.5. The molecule has 9 nitrogen and oxygen atoms in total. The SMILES string of the molecule is C[C@@H]1CC[C@H]2C(COCCSCC3=C(C(F)(F)F)O[C@@H]4O[C@]5(C)CCC6[C@H](C)CC[C@@H]3[C@]64OO5)=C(C(F)(F)F)O[C@@H]3O[C@]4(C)CCC1[C@]32OO4. The minimum atomic E-state index is -4.80. The third-order valence-electron chi connectivity index (χ3n) is 12.7. The van der Waals surface area contributed by atoms with E-state index in [1.165, 1.54) is 11.8 Å². The zero-order valence-electron chi connectivity index (χ0n) is 28.5. The van der Waals surface area contributed by atoms with Crippen LogP contribution in [0.15, 0.2) is 22.7 Å². The van der Waals surface area contributed by atoms with Gasteiger partial charge in [-0.2, -0.15) is 38.1 Å². The predicted molar refractivity (Wildman–Crippen MR) is 162 cm³/mol. The second-order valence-corrected chi connectivity index (χ2v) is 16.9. The van der Waals surface area contributed by atoms with Gasteiger partial charge in [-0.05, 0) is 69.8 Å². The van der Waals surface area contributed by atoms with Gasteiger partial charge in [0.25, 0.3) is 0 Å². The van der Waals surface area contributed by atoms with Crippen molar-refractivity contribution >= 4 is 11.8 Å². The first-order valence-corrected chi connectivity index (χ1v) is 18.8. The highest BCUT2D eigenvalue weighted by Crippen LogP contribution is 2.63. The summed E-state index contributed by atoms with van der Waals surface area (Å²) in [4.78, 5) is 23.5. The predicted octanol–water partition coefficient (Wildman–Crippen LogP) is 7.86. The average molecular weight is 743 g/mol. The molecule has 282 valence electrons. The van der Waals surface area contributed by atoms with Crippen LogP contribution < -0.4 is 0 Å². The van der Waals surface area contributed by atoms with Gasteiger partial charge < -0.3 is 23.7 Å². The molecule has 0 radical (unpaired) electrons. The van der Waals surface area contributed by atoms with Crippen molar-refractivity contribution in [3.05, 3.63) is 22.7 Å². The molecule has 10 aliphatic rings. The van der Waals surface area contributed by atoms with Crippen molar-refractivity contribution in [1.82, 2.24) is 0 Å². The Bertz CT molecular complexity index is 1320. The van der Waals surface area contributed by atoms with E-state index in [1.54, 1.807) is 13.8 Å². The van der Waals surface area contributed by atoms with Crippen molar-refractivity contribution in [1.29, 1.82) is 0 Å². The number of hydrogen-bond donors (Lipinski definition) is 0. The van der Waals surface area contributed by atoms with E-state index in [-0.39, 0.29) is 59.5 Å². The van der Waals surface area contributed by atoms with Gasteiger partial charge in [-0.15, -0.1) is 0 Å². The molecule has 8 aliphatic heterocycles. The molecule has 0 aromatic rings. The van der Waals surface area contributed by atoms with Crippen molar-refractivity contribution in [2.75, 3.05) is 24.7 Å². The number of ether oxygens (including phenoxy) is 5. The molecular formula is C34H44F6O9S. The normalized spacial score (nSPS) is 46.8. The van der Waals surface area contributed by atoms with Crippen LogP contribution in [0.25, 0.3) is 0 Å². The maximum atomic E-state index is 14.5. The van der Waals surface area contributed by atoms with E-state index in [1.807, 2.05) is 0 Å². The van der Waals surface area contributed by atoms with Crippen LogP contribution >= 0.6 is 11.8 Å². The minimum Gasteiger partial charge on any atom is -0.456 e. The fourth-order valence-electron chi connectivity index (χ4n) is 10.3. The van der Waals surface area contributed by atoms with Crippen LogP contribution in [0.3, 0.4) is 0 Å². The molecule has 16 heteroatoms. The highest BCUT2D eigenvalue weighted by Gasteiger charge is 2.71. The van der Waals surface area contributed by atoms with Gasteiger partial charge in [0, 0.05) is 53.6 Å². The van der Waals surface area contributed by atoms with E-state index in [4.69, 9.17) is 43.2 Å². The first-order valence-electron chi connectivity index (χ1n) is 17.7. The number of halogens is 6. The second kappa shape index (κ2) is 12.1. The van der Waals surface area contributed by atoms with Crippen LogP contribution in [-0.4, -0.2) is 72.4 Å². The lowest BCUT2D eigenvalue weighted by Crippen LogP contribution is -2.67. The molecule has 2 spiro atoms. The van der Waals surface area contributed by atoms with E-state index in [0.29, 0.717) is 51.4 Å². The van der Waals surface area contributed by atoms with Crippen molar-refractivity contribution in [3.63, 3.8) is 0 Å². The summed E-state index contributed by atoms with van der Waals surface area (Å²) in [5, 5.41) is 0. The molecule has 12 atom stereocenters. The summed E-state index contributed by atoms with van der Waals surface area (Å²) in [6.07, 6.45) is -7.65. The highest BCUT2D eigenvalue weighted by molar-refractivity contribution is 7.99. The molecule has 4 bridgehead atoms. The van der Waals surface area contributed by atoms with Crippen LogP contribution in [0.4, 0.5) is 26.3 Å². The van der Waals surface area contributed by atoms with E-state index >= 15 is 0 Å². The number of allylic oxidation sites excluding steroid dienone is 2. The molecule has 2 aliphatic carbocycles. The molecule has 50 heavy (non-hydrogen) atoms. The van der Waals surface area contributed by atoms with E-state index in [0.717, 1.165) is 0 Å². The largest absolute Gasteiger partial charge is 0.456 e. The molecule has 6 saturated heterocycles. The average Bonchev–Trinajstić information content (AvgIpc) is 3.41. The molecular weight excluding hydrogens is 698 g/mol. The molecule has 10 rings (SSSR count). The Morgan fingerprint density at radius 1 is 0.680 bits per heavy atom. The number of thioether (sulfide) groups is 1.